The van der Waals surface area contributed by atoms with E-state index in [9.17, 15) is 19.2 Å². The second-order valence-corrected chi connectivity index (χ2v) is 17.9. The molecule has 0 bridgehead atoms. The molecule has 54 heavy (non-hydrogen) atoms. The van der Waals surface area contributed by atoms with Gasteiger partial charge in [-0.1, -0.05) is 74.9 Å². The molecule has 1 N–H and O–H groups in total. The summed E-state index contributed by atoms with van der Waals surface area (Å²) in [7, 11) is 0. The summed E-state index contributed by atoms with van der Waals surface area (Å²) in [6.07, 6.45) is 8.36. The fourth-order valence-corrected chi connectivity index (χ4v) is 9.49. The fourth-order valence-electron chi connectivity index (χ4n) is 9.49. The lowest BCUT2D eigenvalue weighted by Gasteiger charge is -2.55. The molecule has 0 radical (unpaired) electrons. The first kappa shape index (κ1) is 42.7. The van der Waals surface area contributed by atoms with Gasteiger partial charge in [-0.05, 0) is 111 Å². The zero-order valence-corrected chi connectivity index (χ0v) is 33.9. The second kappa shape index (κ2) is 18.0. The Kier molecular flexibility index (Phi) is 14.2. The first-order valence-corrected chi connectivity index (χ1v) is 19.9. The van der Waals surface area contributed by atoms with Gasteiger partial charge >= 0.3 is 24.1 Å². The normalized spacial score (nSPS) is 19.8. The van der Waals surface area contributed by atoms with Crippen molar-refractivity contribution in [2.24, 2.45) is 11.8 Å². The molecule has 2 amide bonds. The number of carboxylic acid groups (broad SMARTS) is 1. The summed E-state index contributed by atoms with van der Waals surface area (Å²) < 4.78 is 18.1. The highest BCUT2D eigenvalue weighted by Crippen LogP contribution is 2.47. The molecule has 2 aliphatic heterocycles. The predicted octanol–water partition coefficient (Wildman–Crippen LogP) is 10.4. The van der Waals surface area contributed by atoms with Crippen LogP contribution in [0, 0.1) is 11.8 Å². The largest absolute Gasteiger partial charge is 0.481 e. The van der Waals surface area contributed by atoms with Crippen LogP contribution in [0.15, 0.2) is 60.7 Å². The SMILES string of the molecule is CC1(C)CC(OC(=O)C(CCCCCCCCCC(=O)O)C2CC(C)(C)N(C(=O)Oc3ccccc3)C(C)(C)C2)CC(C)(C)N1C(=O)Oc1ccccc1. The molecule has 0 spiro atoms. The van der Waals surface area contributed by atoms with Gasteiger partial charge in [0.1, 0.15) is 17.6 Å². The number of para-hydroxylation sites is 2. The highest BCUT2D eigenvalue weighted by Gasteiger charge is 2.53. The number of carboxylic acids is 1. The maximum atomic E-state index is 14.5. The van der Waals surface area contributed by atoms with E-state index < -0.39 is 46.4 Å². The molecule has 1 atom stereocenters. The minimum atomic E-state index is -0.749. The van der Waals surface area contributed by atoms with E-state index in [-0.39, 0.29) is 24.2 Å². The van der Waals surface area contributed by atoms with Crippen molar-refractivity contribution in [3.8, 4) is 11.5 Å². The van der Waals surface area contributed by atoms with Crippen LogP contribution in [0.25, 0.3) is 0 Å². The Balaban J connectivity index is 1.47. The molecule has 0 aromatic heterocycles. The number of amides is 2. The van der Waals surface area contributed by atoms with Gasteiger partial charge in [0, 0.05) is 41.4 Å². The molecule has 298 valence electrons. The summed E-state index contributed by atoms with van der Waals surface area (Å²) in [5, 5.41) is 8.91. The minimum Gasteiger partial charge on any atom is -0.481 e. The Morgan fingerprint density at radius 2 is 1.00 bits per heavy atom. The molecule has 2 aliphatic rings. The first-order chi connectivity index (χ1) is 25.3. The zero-order valence-electron chi connectivity index (χ0n) is 33.9. The van der Waals surface area contributed by atoms with E-state index in [1.165, 1.54) is 0 Å². The number of hydrogen-bond acceptors (Lipinski definition) is 7. The van der Waals surface area contributed by atoms with Crippen LogP contribution in [0.4, 0.5) is 9.59 Å². The highest BCUT2D eigenvalue weighted by atomic mass is 16.6. The summed E-state index contributed by atoms with van der Waals surface area (Å²) in [6.45, 7) is 16.2. The van der Waals surface area contributed by atoms with Gasteiger partial charge in [0.25, 0.3) is 0 Å². The Labute approximate surface area is 322 Å². The molecule has 10 heteroatoms. The quantitative estimate of drug-likeness (QED) is 0.141. The number of ether oxygens (including phenoxy) is 3. The van der Waals surface area contributed by atoms with Gasteiger partial charge in [-0.15, -0.1) is 0 Å². The van der Waals surface area contributed by atoms with E-state index in [1.54, 1.807) is 29.2 Å². The van der Waals surface area contributed by atoms with E-state index in [1.807, 2.05) is 69.0 Å². The second-order valence-electron chi connectivity index (χ2n) is 17.9. The van der Waals surface area contributed by atoms with Crippen LogP contribution in [0.2, 0.25) is 0 Å². The number of nitrogens with zero attached hydrogens (tertiary/aromatic N) is 2. The fraction of sp³-hybridized carbons (Fsp3) is 0.636. The van der Waals surface area contributed by atoms with Crippen LogP contribution >= 0.6 is 0 Å². The number of likely N-dealkylation sites (tertiary alicyclic amines) is 2. The van der Waals surface area contributed by atoms with E-state index in [4.69, 9.17) is 19.3 Å². The predicted molar refractivity (Wildman–Crippen MR) is 209 cm³/mol. The number of piperidine rings is 2. The Bertz CT molecular complexity index is 1520. The van der Waals surface area contributed by atoms with Crippen molar-refractivity contribution in [3.05, 3.63) is 60.7 Å². The van der Waals surface area contributed by atoms with Crippen LogP contribution in [-0.2, 0) is 14.3 Å². The molecule has 2 fully saturated rings. The van der Waals surface area contributed by atoms with E-state index >= 15 is 0 Å². The molecule has 2 aromatic carbocycles. The topological polar surface area (TPSA) is 123 Å². The van der Waals surface area contributed by atoms with Crippen molar-refractivity contribution in [1.29, 1.82) is 0 Å². The molecular weight excluding hydrogens is 684 g/mol. The Morgan fingerprint density at radius 1 is 0.611 bits per heavy atom. The number of esters is 1. The van der Waals surface area contributed by atoms with Crippen LogP contribution in [0.3, 0.4) is 0 Å². The van der Waals surface area contributed by atoms with Crippen LogP contribution < -0.4 is 9.47 Å². The van der Waals surface area contributed by atoms with E-state index in [0.717, 1.165) is 38.5 Å². The lowest BCUT2D eigenvalue weighted by molar-refractivity contribution is -0.167. The van der Waals surface area contributed by atoms with Crippen LogP contribution in [0.5, 0.6) is 11.5 Å². The molecule has 1 unspecified atom stereocenters. The Morgan fingerprint density at radius 3 is 1.43 bits per heavy atom. The van der Waals surface area contributed by atoms with Gasteiger partial charge in [-0.25, -0.2) is 9.59 Å². The van der Waals surface area contributed by atoms with Gasteiger partial charge in [-0.2, -0.15) is 0 Å². The molecule has 10 nitrogen and oxygen atoms in total. The number of hydrogen-bond donors (Lipinski definition) is 1. The monoisotopic (exact) mass is 748 g/mol. The van der Waals surface area contributed by atoms with Crippen LogP contribution in [0.1, 0.15) is 139 Å². The third kappa shape index (κ3) is 11.5. The lowest BCUT2D eigenvalue weighted by atomic mass is 9.68. The average molecular weight is 749 g/mol. The Hall–Kier alpha value is -4.08. The molecule has 2 aromatic rings. The summed E-state index contributed by atoms with van der Waals surface area (Å²) in [6, 6.07) is 18.1. The molecule has 4 rings (SSSR count). The van der Waals surface area contributed by atoms with Crippen molar-refractivity contribution in [2.75, 3.05) is 0 Å². The van der Waals surface area contributed by atoms with Gasteiger partial charge in [0.2, 0.25) is 0 Å². The molecule has 2 heterocycles. The summed E-state index contributed by atoms with van der Waals surface area (Å²) in [4.78, 5) is 56.2. The maximum Gasteiger partial charge on any atom is 0.416 e. The zero-order chi connectivity index (χ0) is 39.7. The van der Waals surface area contributed by atoms with Crippen molar-refractivity contribution in [1.82, 2.24) is 9.80 Å². The summed E-state index contributed by atoms with van der Waals surface area (Å²) >= 11 is 0. The van der Waals surface area contributed by atoms with Crippen molar-refractivity contribution < 1.29 is 38.5 Å². The summed E-state index contributed by atoms with van der Waals surface area (Å²) in [5.41, 5.74) is -2.48. The average Bonchev–Trinajstić information content (AvgIpc) is 3.04. The van der Waals surface area contributed by atoms with Gasteiger partial charge < -0.3 is 19.3 Å². The third-order valence-electron chi connectivity index (χ3n) is 11.2. The van der Waals surface area contributed by atoms with Crippen molar-refractivity contribution in [3.63, 3.8) is 0 Å². The van der Waals surface area contributed by atoms with Gasteiger partial charge in [0.05, 0.1) is 5.92 Å². The number of rotatable bonds is 15. The number of aliphatic carboxylic acids is 1. The van der Waals surface area contributed by atoms with Gasteiger partial charge in [0.15, 0.2) is 0 Å². The van der Waals surface area contributed by atoms with Crippen molar-refractivity contribution in [2.45, 2.75) is 167 Å². The van der Waals surface area contributed by atoms with Gasteiger partial charge in [-0.3, -0.25) is 19.4 Å². The van der Waals surface area contributed by atoms with Crippen molar-refractivity contribution >= 4 is 24.1 Å². The van der Waals surface area contributed by atoms with E-state index in [2.05, 4.69) is 27.7 Å². The molecule has 0 saturated carbocycles. The number of carbonyl (C=O) groups is 4. The standard InChI is InChI=1S/C44H64N2O8/c1-41(2)28-32(29-42(3,4)45(41)39(50)53-33-22-16-14-17-23-33)36(26-20-12-10-9-11-13-21-27-37(47)48)38(49)52-35-30-43(5,6)46(44(7,8)31-35)40(51)54-34-24-18-15-19-25-34/h14-19,22-25,32,35-36H,9-13,20-21,26-31H2,1-8H3,(H,47,48). The number of benzene rings is 2. The molecular formula is C44H64N2O8. The summed E-state index contributed by atoms with van der Waals surface area (Å²) in [5.74, 6) is -0.377. The highest BCUT2D eigenvalue weighted by molar-refractivity contribution is 5.75. The molecule has 0 aliphatic carbocycles. The number of carbonyl (C=O) groups excluding carboxylic acids is 3. The maximum absolute atomic E-state index is 14.5. The molecule has 2 saturated heterocycles. The number of unbranched alkanes of at least 4 members (excludes halogenated alkanes) is 6. The third-order valence-corrected chi connectivity index (χ3v) is 11.2. The first-order valence-electron chi connectivity index (χ1n) is 19.9. The minimum absolute atomic E-state index is 0.0266. The van der Waals surface area contributed by atoms with E-state index in [0.29, 0.717) is 50.0 Å². The van der Waals surface area contributed by atoms with Crippen LogP contribution in [-0.4, -0.2) is 67.3 Å². The smallest absolute Gasteiger partial charge is 0.416 e. The lowest BCUT2D eigenvalue weighted by Crippen LogP contribution is -2.65.